The van der Waals surface area contributed by atoms with Crippen LogP contribution in [0.4, 0.5) is 0 Å². The molecular weight excluding hydrogens is 284 g/mol. The third-order valence-electron chi connectivity index (χ3n) is 4.28. The minimum atomic E-state index is 0. The molecule has 3 rings (SSSR count). The molecule has 1 aliphatic rings. The zero-order chi connectivity index (χ0) is 13.8. The lowest BCUT2D eigenvalue weighted by molar-refractivity contribution is -0.712. The fourth-order valence-corrected chi connectivity index (χ4v) is 3.09. The van der Waals surface area contributed by atoms with E-state index in [0.29, 0.717) is 12.8 Å². The van der Waals surface area contributed by atoms with Gasteiger partial charge in [-0.2, -0.15) is 0 Å². The van der Waals surface area contributed by atoms with E-state index in [2.05, 4.69) is 46.7 Å². The van der Waals surface area contributed by atoms with E-state index in [9.17, 15) is 0 Å². The first-order valence-corrected chi connectivity index (χ1v) is 7.97. The van der Waals surface area contributed by atoms with Crippen LogP contribution in [0.2, 0.25) is 0 Å². The molecular formula is C17H25ClN2O. The summed E-state index contributed by atoms with van der Waals surface area (Å²) in [6, 6.07) is 8.62. The van der Waals surface area contributed by atoms with Gasteiger partial charge in [0.2, 0.25) is 6.33 Å². The summed E-state index contributed by atoms with van der Waals surface area (Å²) in [6.07, 6.45) is 10.3. The maximum absolute atomic E-state index is 6.06. The molecule has 21 heavy (non-hydrogen) atoms. The number of imidazole rings is 1. The number of hydrogen-bond donors (Lipinski definition) is 0. The van der Waals surface area contributed by atoms with Crippen LogP contribution in [0, 0.1) is 0 Å². The maximum atomic E-state index is 6.06. The monoisotopic (exact) mass is 308 g/mol. The van der Waals surface area contributed by atoms with E-state index in [1.54, 1.807) is 0 Å². The smallest absolute Gasteiger partial charge is 0.246 e. The normalized spacial score (nSPS) is 15.5. The predicted octanol–water partition coefficient (Wildman–Crippen LogP) is 0.650. The van der Waals surface area contributed by atoms with Gasteiger partial charge < -0.3 is 17.1 Å². The Balaban J connectivity index is 0.00000161. The van der Waals surface area contributed by atoms with Crippen molar-refractivity contribution in [3.63, 3.8) is 0 Å². The van der Waals surface area contributed by atoms with Gasteiger partial charge in [0, 0.05) is 0 Å². The van der Waals surface area contributed by atoms with Gasteiger partial charge in [0.1, 0.15) is 0 Å². The van der Waals surface area contributed by atoms with Crippen molar-refractivity contribution in [1.82, 2.24) is 4.57 Å². The third-order valence-corrected chi connectivity index (χ3v) is 4.28. The standard InChI is InChI=1S/C17H25N2O.ClH/c1-2-3-12-18-13-19(14-20-15-8-4-5-9-15)17-11-7-6-10-16(17)18;/h6-7,10-11,13,15H,2-5,8-9,12,14H2,1H3;1H/q+1;/p-1. The van der Waals surface area contributed by atoms with Gasteiger partial charge in [-0.25, -0.2) is 9.13 Å². The van der Waals surface area contributed by atoms with Gasteiger partial charge in [-0.3, -0.25) is 0 Å². The van der Waals surface area contributed by atoms with Gasteiger partial charge in [-0.1, -0.05) is 38.3 Å². The van der Waals surface area contributed by atoms with E-state index in [1.807, 2.05) is 0 Å². The highest BCUT2D eigenvalue weighted by Crippen LogP contribution is 2.21. The molecule has 3 nitrogen and oxygen atoms in total. The summed E-state index contributed by atoms with van der Waals surface area (Å²) in [5.74, 6) is 0. The van der Waals surface area contributed by atoms with Crippen molar-refractivity contribution in [2.75, 3.05) is 0 Å². The number of unbranched alkanes of at least 4 members (excludes halogenated alkanes) is 1. The zero-order valence-corrected chi connectivity index (χ0v) is 13.6. The van der Waals surface area contributed by atoms with Crippen LogP contribution in [0.25, 0.3) is 11.0 Å². The lowest BCUT2D eigenvalue weighted by atomic mass is 10.3. The molecule has 116 valence electrons. The molecule has 1 aliphatic carbocycles. The highest BCUT2D eigenvalue weighted by Gasteiger charge is 2.19. The quantitative estimate of drug-likeness (QED) is 0.717. The van der Waals surface area contributed by atoms with E-state index >= 15 is 0 Å². The third kappa shape index (κ3) is 3.78. The molecule has 4 heteroatoms. The number of halogens is 1. The van der Waals surface area contributed by atoms with Crippen LogP contribution < -0.4 is 17.0 Å². The second-order valence-electron chi connectivity index (χ2n) is 5.82. The molecule has 0 atom stereocenters. The Hall–Kier alpha value is -1.06. The molecule has 0 saturated heterocycles. The number of ether oxygens (including phenoxy) is 1. The molecule has 1 heterocycles. The molecule has 1 aromatic heterocycles. The van der Waals surface area contributed by atoms with E-state index < -0.39 is 0 Å². The fraction of sp³-hybridized carbons (Fsp3) is 0.588. The second-order valence-corrected chi connectivity index (χ2v) is 5.82. The van der Waals surface area contributed by atoms with E-state index in [-0.39, 0.29) is 12.4 Å². The average molecular weight is 309 g/mol. The molecule has 1 aromatic carbocycles. The van der Waals surface area contributed by atoms with Crippen molar-refractivity contribution in [2.24, 2.45) is 0 Å². The number of rotatable bonds is 6. The fourth-order valence-electron chi connectivity index (χ4n) is 3.09. The van der Waals surface area contributed by atoms with Crippen LogP contribution in [0.3, 0.4) is 0 Å². The lowest BCUT2D eigenvalue weighted by Gasteiger charge is -2.08. The molecule has 0 aliphatic heterocycles. The minimum absolute atomic E-state index is 0. The molecule has 0 unspecified atom stereocenters. The van der Waals surface area contributed by atoms with Gasteiger partial charge in [0.05, 0.1) is 12.6 Å². The minimum Gasteiger partial charge on any atom is -1.00 e. The van der Waals surface area contributed by atoms with E-state index in [4.69, 9.17) is 4.74 Å². The Labute approximate surface area is 133 Å². The van der Waals surface area contributed by atoms with Crippen molar-refractivity contribution < 1.29 is 21.7 Å². The summed E-state index contributed by atoms with van der Waals surface area (Å²) in [5, 5.41) is 0. The Kier molecular flexibility index (Phi) is 6.07. The van der Waals surface area contributed by atoms with Crippen LogP contribution in [0.1, 0.15) is 45.4 Å². The molecule has 0 N–H and O–H groups in total. The highest BCUT2D eigenvalue weighted by molar-refractivity contribution is 5.71. The van der Waals surface area contributed by atoms with Crippen molar-refractivity contribution in [1.29, 1.82) is 0 Å². The maximum Gasteiger partial charge on any atom is 0.246 e. The van der Waals surface area contributed by atoms with Crippen LogP contribution >= 0.6 is 0 Å². The van der Waals surface area contributed by atoms with Gasteiger partial charge in [0.25, 0.3) is 0 Å². The Morgan fingerprint density at radius 2 is 2.00 bits per heavy atom. The second kappa shape index (κ2) is 7.81. The summed E-state index contributed by atoms with van der Waals surface area (Å²) in [5.41, 5.74) is 2.59. The van der Waals surface area contributed by atoms with Crippen LogP contribution in [-0.4, -0.2) is 10.7 Å². The first-order valence-electron chi connectivity index (χ1n) is 7.97. The SMILES string of the molecule is CCCCn1c[n+](COC2CCCC2)c2ccccc21.[Cl-]. The van der Waals surface area contributed by atoms with Gasteiger partial charge in [-0.05, 0) is 31.4 Å². The first kappa shape index (κ1) is 16.3. The molecule has 1 fully saturated rings. The number of aryl methyl sites for hydroxylation is 1. The van der Waals surface area contributed by atoms with E-state index in [0.717, 1.165) is 6.54 Å². The number of benzene rings is 1. The van der Waals surface area contributed by atoms with E-state index in [1.165, 1.54) is 49.6 Å². The van der Waals surface area contributed by atoms with Crippen LogP contribution in [-0.2, 0) is 18.0 Å². The Bertz CT molecular complexity index is 561. The molecule has 0 amide bonds. The molecule has 0 radical (unpaired) electrons. The molecule has 0 spiro atoms. The number of para-hydroxylation sites is 2. The molecule has 0 bridgehead atoms. The number of fused-ring (bicyclic) bond motifs is 1. The van der Waals surface area contributed by atoms with Crippen molar-refractivity contribution in [3.05, 3.63) is 30.6 Å². The highest BCUT2D eigenvalue weighted by atomic mass is 35.5. The Morgan fingerprint density at radius 1 is 1.24 bits per heavy atom. The van der Waals surface area contributed by atoms with Crippen molar-refractivity contribution in [2.45, 2.75) is 64.8 Å². The topological polar surface area (TPSA) is 18.0 Å². The largest absolute Gasteiger partial charge is 1.00 e. The summed E-state index contributed by atoms with van der Waals surface area (Å²) < 4.78 is 10.7. The van der Waals surface area contributed by atoms with Crippen molar-refractivity contribution in [3.8, 4) is 0 Å². The molecule has 2 aromatic rings. The summed E-state index contributed by atoms with van der Waals surface area (Å²) >= 11 is 0. The average Bonchev–Trinajstić information content (AvgIpc) is 3.11. The zero-order valence-electron chi connectivity index (χ0n) is 12.8. The predicted molar refractivity (Wildman–Crippen MR) is 80.4 cm³/mol. The number of hydrogen-bond acceptors (Lipinski definition) is 1. The van der Waals surface area contributed by atoms with Gasteiger partial charge in [-0.15, -0.1) is 0 Å². The van der Waals surface area contributed by atoms with Crippen LogP contribution in [0.15, 0.2) is 30.6 Å². The number of nitrogens with zero attached hydrogens (tertiary/aromatic N) is 2. The van der Waals surface area contributed by atoms with Gasteiger partial charge >= 0.3 is 0 Å². The van der Waals surface area contributed by atoms with Crippen LogP contribution in [0.5, 0.6) is 0 Å². The molecule has 1 saturated carbocycles. The first-order chi connectivity index (χ1) is 9.88. The van der Waals surface area contributed by atoms with Gasteiger partial charge in [0.15, 0.2) is 17.8 Å². The summed E-state index contributed by atoms with van der Waals surface area (Å²) in [4.78, 5) is 0. The van der Waals surface area contributed by atoms with Crippen molar-refractivity contribution >= 4 is 11.0 Å². The Morgan fingerprint density at radius 3 is 2.76 bits per heavy atom. The summed E-state index contributed by atoms with van der Waals surface area (Å²) in [6.45, 7) is 4.01. The summed E-state index contributed by atoms with van der Waals surface area (Å²) in [7, 11) is 0. The lowest BCUT2D eigenvalue weighted by Crippen LogP contribution is -3.00. The number of aromatic nitrogens is 2.